The Morgan fingerprint density at radius 2 is 1.47 bits per heavy atom. The van der Waals surface area contributed by atoms with Crippen LogP contribution in [-0.2, 0) is 32.6 Å². The summed E-state index contributed by atoms with van der Waals surface area (Å²) >= 11 is 12.5. The third-order valence-electron chi connectivity index (χ3n) is 7.22. The molecule has 4 aromatic carbocycles. The lowest BCUT2D eigenvalue weighted by Gasteiger charge is -2.34. The largest absolute Gasteiger partial charge is 0.352 e. The molecule has 4 rings (SSSR count). The monoisotopic (exact) mass is 665 g/mol. The van der Waals surface area contributed by atoms with Crippen LogP contribution in [0.5, 0.6) is 0 Å². The number of rotatable bonds is 12. The van der Waals surface area contributed by atoms with E-state index in [0.29, 0.717) is 21.3 Å². The van der Waals surface area contributed by atoms with Crippen molar-refractivity contribution in [1.82, 2.24) is 10.2 Å². The van der Waals surface area contributed by atoms with Crippen molar-refractivity contribution in [3.63, 3.8) is 0 Å². The van der Waals surface area contributed by atoms with Gasteiger partial charge in [-0.25, -0.2) is 8.42 Å². The van der Waals surface area contributed by atoms with Crippen LogP contribution in [0.1, 0.15) is 36.1 Å². The minimum Gasteiger partial charge on any atom is -0.352 e. The Hall–Kier alpha value is -3.85. The first-order valence-corrected chi connectivity index (χ1v) is 16.8. The normalized spacial score (nSPS) is 12.1. The first kappa shape index (κ1) is 34.0. The molecular weight excluding hydrogens is 629 g/mol. The fraction of sp³-hybridized carbons (Fsp3) is 0.257. The molecule has 0 heterocycles. The fourth-order valence-electron chi connectivity index (χ4n) is 4.92. The Labute approximate surface area is 275 Å². The standard InChI is InChI=1S/C35H37Cl2N3O4S/c1-24(2)38-35(42)33(21-27-10-6-5-7-11-27)39(22-28-15-18-31(36)32(37)20-28)34(41)23-40(29-12-8-9-26(4)19-29)45(43,44)30-16-13-25(3)14-17-30/h5-20,24,33H,21-23H2,1-4H3,(H,38,42)/t33-/m1/s1. The summed E-state index contributed by atoms with van der Waals surface area (Å²) in [6.07, 6.45) is 0.210. The third-order valence-corrected chi connectivity index (χ3v) is 9.74. The third kappa shape index (κ3) is 8.87. The van der Waals surface area contributed by atoms with Crippen molar-refractivity contribution in [2.24, 2.45) is 0 Å². The number of sulfonamides is 1. The van der Waals surface area contributed by atoms with E-state index in [2.05, 4.69) is 5.32 Å². The van der Waals surface area contributed by atoms with E-state index >= 15 is 0 Å². The van der Waals surface area contributed by atoms with Gasteiger partial charge in [-0.2, -0.15) is 0 Å². The summed E-state index contributed by atoms with van der Waals surface area (Å²) in [5.74, 6) is -0.913. The smallest absolute Gasteiger partial charge is 0.264 e. The lowest BCUT2D eigenvalue weighted by atomic mass is 10.0. The van der Waals surface area contributed by atoms with Crippen LogP contribution in [-0.4, -0.2) is 43.8 Å². The zero-order valence-electron chi connectivity index (χ0n) is 25.7. The quantitative estimate of drug-likeness (QED) is 0.177. The van der Waals surface area contributed by atoms with E-state index in [1.165, 1.54) is 17.0 Å². The van der Waals surface area contributed by atoms with Crippen LogP contribution in [0.25, 0.3) is 0 Å². The first-order chi connectivity index (χ1) is 21.3. The van der Waals surface area contributed by atoms with Crippen molar-refractivity contribution in [1.29, 1.82) is 0 Å². The van der Waals surface area contributed by atoms with Crippen molar-refractivity contribution in [3.8, 4) is 0 Å². The van der Waals surface area contributed by atoms with Gasteiger partial charge in [-0.3, -0.25) is 13.9 Å². The van der Waals surface area contributed by atoms with Crippen LogP contribution >= 0.6 is 23.2 Å². The number of nitrogens with one attached hydrogen (secondary N) is 1. The molecule has 0 saturated heterocycles. The molecule has 1 N–H and O–H groups in total. The van der Waals surface area contributed by atoms with Crippen molar-refractivity contribution in [2.45, 2.75) is 57.6 Å². The minimum atomic E-state index is -4.18. The summed E-state index contributed by atoms with van der Waals surface area (Å²) in [6, 6.07) is 26.7. The number of anilines is 1. The van der Waals surface area contributed by atoms with E-state index in [9.17, 15) is 18.0 Å². The zero-order chi connectivity index (χ0) is 32.7. The molecule has 0 spiro atoms. The highest BCUT2D eigenvalue weighted by Gasteiger charge is 2.35. The van der Waals surface area contributed by atoms with Gasteiger partial charge in [0.15, 0.2) is 0 Å². The van der Waals surface area contributed by atoms with Crippen LogP contribution in [0.3, 0.4) is 0 Å². The summed E-state index contributed by atoms with van der Waals surface area (Å²) in [6.45, 7) is 6.86. The van der Waals surface area contributed by atoms with Crippen LogP contribution in [0.4, 0.5) is 5.69 Å². The molecule has 4 aromatic rings. The molecule has 0 radical (unpaired) electrons. The number of benzene rings is 4. The molecule has 0 aliphatic carbocycles. The van der Waals surface area contributed by atoms with Gasteiger partial charge in [-0.05, 0) is 80.8 Å². The molecule has 1 atom stereocenters. The second-order valence-electron chi connectivity index (χ2n) is 11.3. The maximum absolute atomic E-state index is 14.5. The van der Waals surface area contributed by atoms with Crippen molar-refractivity contribution < 1.29 is 18.0 Å². The second-order valence-corrected chi connectivity index (χ2v) is 14.0. The molecule has 0 bridgehead atoms. The van der Waals surface area contributed by atoms with E-state index in [0.717, 1.165) is 21.0 Å². The highest BCUT2D eigenvalue weighted by molar-refractivity contribution is 7.92. The highest BCUT2D eigenvalue weighted by Crippen LogP contribution is 2.27. The topological polar surface area (TPSA) is 86.8 Å². The average Bonchev–Trinajstić information content (AvgIpc) is 2.99. The molecular formula is C35H37Cl2N3O4S. The highest BCUT2D eigenvalue weighted by atomic mass is 35.5. The lowest BCUT2D eigenvalue weighted by molar-refractivity contribution is -0.140. The number of aryl methyl sites for hydroxylation is 2. The molecule has 2 amide bonds. The Kier molecular flexibility index (Phi) is 11.3. The number of carbonyl (C=O) groups excluding carboxylic acids is 2. The van der Waals surface area contributed by atoms with E-state index in [4.69, 9.17) is 23.2 Å². The molecule has 0 aromatic heterocycles. The van der Waals surface area contributed by atoms with Crippen molar-refractivity contribution >= 4 is 50.7 Å². The molecule has 0 saturated carbocycles. The molecule has 10 heteroatoms. The van der Waals surface area contributed by atoms with Gasteiger partial charge in [0.25, 0.3) is 10.0 Å². The summed E-state index contributed by atoms with van der Waals surface area (Å²) < 4.78 is 29.4. The average molecular weight is 667 g/mol. The number of nitrogens with zero attached hydrogens (tertiary/aromatic N) is 2. The lowest BCUT2D eigenvalue weighted by Crippen LogP contribution is -2.54. The van der Waals surface area contributed by atoms with E-state index in [1.54, 1.807) is 48.5 Å². The van der Waals surface area contributed by atoms with Gasteiger partial charge in [-0.15, -0.1) is 0 Å². The Morgan fingerprint density at radius 3 is 2.09 bits per heavy atom. The van der Waals surface area contributed by atoms with Crippen LogP contribution in [0.2, 0.25) is 10.0 Å². The zero-order valence-corrected chi connectivity index (χ0v) is 28.0. The molecule has 236 valence electrons. The molecule has 0 aliphatic heterocycles. The maximum Gasteiger partial charge on any atom is 0.264 e. The molecule has 7 nitrogen and oxygen atoms in total. The Bertz CT molecular complexity index is 1750. The van der Waals surface area contributed by atoms with E-state index in [-0.39, 0.29) is 29.8 Å². The van der Waals surface area contributed by atoms with E-state index < -0.39 is 28.5 Å². The molecule has 0 fully saturated rings. The number of amides is 2. The molecule has 45 heavy (non-hydrogen) atoms. The van der Waals surface area contributed by atoms with Gasteiger partial charge in [0, 0.05) is 19.0 Å². The van der Waals surface area contributed by atoms with Gasteiger partial charge in [0.2, 0.25) is 11.8 Å². The Balaban J connectivity index is 1.82. The predicted molar refractivity (Wildman–Crippen MR) is 181 cm³/mol. The van der Waals surface area contributed by atoms with Gasteiger partial charge in [0.05, 0.1) is 20.6 Å². The van der Waals surface area contributed by atoms with Gasteiger partial charge in [-0.1, -0.05) is 89.4 Å². The molecule has 0 unspecified atom stereocenters. The van der Waals surface area contributed by atoms with Crippen LogP contribution < -0.4 is 9.62 Å². The van der Waals surface area contributed by atoms with Crippen molar-refractivity contribution in [2.75, 3.05) is 10.8 Å². The second kappa shape index (κ2) is 15.0. The van der Waals surface area contributed by atoms with E-state index in [1.807, 2.05) is 64.1 Å². The molecule has 0 aliphatic rings. The van der Waals surface area contributed by atoms with Gasteiger partial charge < -0.3 is 10.2 Å². The summed E-state index contributed by atoms with van der Waals surface area (Å²) in [5, 5.41) is 3.60. The number of halogens is 2. The number of hydrogen-bond donors (Lipinski definition) is 1. The SMILES string of the molecule is Cc1ccc(S(=O)(=O)N(CC(=O)N(Cc2ccc(Cl)c(Cl)c2)[C@H](Cc2ccccc2)C(=O)NC(C)C)c2cccc(C)c2)cc1. The van der Waals surface area contributed by atoms with Crippen LogP contribution in [0, 0.1) is 13.8 Å². The fourth-order valence-corrected chi connectivity index (χ4v) is 6.65. The predicted octanol–water partition coefficient (Wildman–Crippen LogP) is 6.97. The number of hydrogen-bond acceptors (Lipinski definition) is 4. The summed E-state index contributed by atoms with van der Waals surface area (Å²) in [4.78, 5) is 29.8. The van der Waals surface area contributed by atoms with Gasteiger partial charge >= 0.3 is 0 Å². The summed E-state index contributed by atoms with van der Waals surface area (Å²) in [7, 11) is -4.18. The summed E-state index contributed by atoms with van der Waals surface area (Å²) in [5.41, 5.74) is 3.55. The van der Waals surface area contributed by atoms with Crippen molar-refractivity contribution in [3.05, 3.63) is 129 Å². The van der Waals surface area contributed by atoms with Gasteiger partial charge in [0.1, 0.15) is 12.6 Å². The van der Waals surface area contributed by atoms with Crippen LogP contribution in [0.15, 0.2) is 102 Å². The minimum absolute atomic E-state index is 0.00895. The maximum atomic E-state index is 14.5. The first-order valence-electron chi connectivity index (χ1n) is 14.6. The number of carbonyl (C=O) groups is 2. The Morgan fingerprint density at radius 1 is 0.778 bits per heavy atom.